The van der Waals surface area contributed by atoms with Crippen molar-refractivity contribution in [1.82, 2.24) is 4.90 Å². The maximum atomic E-state index is 12.5. The lowest BCUT2D eigenvalue weighted by Crippen LogP contribution is -2.53. The van der Waals surface area contributed by atoms with Gasteiger partial charge in [0, 0.05) is 37.6 Å². The second-order valence-corrected chi connectivity index (χ2v) is 7.29. The first-order valence-electron chi connectivity index (χ1n) is 8.49. The number of nitrogens with zero attached hydrogens (tertiary/aromatic N) is 1. The Morgan fingerprint density at radius 3 is 2.79 bits per heavy atom. The van der Waals surface area contributed by atoms with Crippen LogP contribution in [-0.4, -0.2) is 48.0 Å². The van der Waals surface area contributed by atoms with Gasteiger partial charge < -0.3 is 14.4 Å². The van der Waals surface area contributed by atoms with Gasteiger partial charge in [-0.25, -0.2) is 0 Å². The van der Waals surface area contributed by atoms with Gasteiger partial charge in [-0.15, -0.1) is 0 Å². The first kappa shape index (κ1) is 15.9. The van der Waals surface area contributed by atoms with E-state index in [0.717, 1.165) is 12.8 Å². The molecule has 5 nitrogen and oxygen atoms in total. The predicted octanol–water partition coefficient (Wildman–Crippen LogP) is 2.85. The number of rotatable bonds is 1. The number of hydrogen-bond donors (Lipinski definition) is 0. The molecular weight excluding hydrogens is 330 g/mol. The van der Waals surface area contributed by atoms with Gasteiger partial charge >= 0.3 is 0 Å². The van der Waals surface area contributed by atoms with E-state index >= 15 is 0 Å². The van der Waals surface area contributed by atoms with Gasteiger partial charge in [-0.05, 0) is 31.0 Å². The number of likely N-dealkylation sites (tertiary alicyclic amines) is 1. The van der Waals surface area contributed by atoms with E-state index in [1.165, 1.54) is 0 Å². The highest BCUT2D eigenvalue weighted by Crippen LogP contribution is 2.40. The highest BCUT2D eigenvalue weighted by Gasteiger charge is 2.44. The van der Waals surface area contributed by atoms with Gasteiger partial charge in [0.05, 0.1) is 12.0 Å². The Labute approximate surface area is 145 Å². The summed E-state index contributed by atoms with van der Waals surface area (Å²) in [4.78, 5) is 26.8. The van der Waals surface area contributed by atoms with Crippen molar-refractivity contribution in [3.05, 3.63) is 28.8 Å². The molecule has 0 aromatic heterocycles. The van der Waals surface area contributed by atoms with Crippen LogP contribution in [0.3, 0.4) is 0 Å². The third kappa shape index (κ3) is 2.80. The van der Waals surface area contributed by atoms with Crippen LogP contribution in [-0.2, 0) is 9.53 Å². The Hall–Kier alpha value is -1.59. The molecule has 4 rings (SSSR count). The third-order valence-corrected chi connectivity index (χ3v) is 5.48. The first-order chi connectivity index (χ1) is 11.6. The van der Waals surface area contributed by atoms with E-state index in [9.17, 15) is 9.59 Å². The molecule has 1 aromatic rings. The van der Waals surface area contributed by atoms with E-state index in [4.69, 9.17) is 21.1 Å². The molecular formula is C18H20ClNO4. The molecule has 0 radical (unpaired) electrons. The van der Waals surface area contributed by atoms with Crippen LogP contribution < -0.4 is 4.74 Å². The summed E-state index contributed by atoms with van der Waals surface area (Å²) in [6, 6.07) is 5.17. The molecule has 2 fully saturated rings. The number of carbonyl (C=O) groups excluding carboxylic acids is 2. The minimum Gasteiger partial charge on any atom is -0.486 e. The molecule has 1 amide bonds. The van der Waals surface area contributed by atoms with Crippen molar-refractivity contribution in [3.63, 3.8) is 0 Å². The van der Waals surface area contributed by atoms with Crippen LogP contribution in [0.5, 0.6) is 5.75 Å². The monoisotopic (exact) mass is 349 g/mol. The normalized spacial score (nSPS) is 25.5. The molecule has 3 heterocycles. The lowest BCUT2D eigenvalue weighted by atomic mass is 9.82. The molecule has 6 heteroatoms. The zero-order valence-corrected chi connectivity index (χ0v) is 14.2. The average molecular weight is 350 g/mol. The Morgan fingerprint density at radius 1 is 1.29 bits per heavy atom. The minimum absolute atomic E-state index is 0.0673. The number of piperidine rings is 1. The highest BCUT2D eigenvalue weighted by atomic mass is 35.5. The van der Waals surface area contributed by atoms with Crippen molar-refractivity contribution < 1.29 is 19.1 Å². The van der Waals surface area contributed by atoms with E-state index in [1.54, 1.807) is 18.2 Å². The van der Waals surface area contributed by atoms with Crippen LogP contribution in [0.1, 0.15) is 42.5 Å². The molecule has 1 aromatic carbocycles. The predicted molar refractivity (Wildman–Crippen MR) is 88.5 cm³/mol. The second-order valence-electron chi connectivity index (χ2n) is 6.85. The van der Waals surface area contributed by atoms with Gasteiger partial charge in [0.15, 0.2) is 5.78 Å². The SMILES string of the molecule is O=C1CC2(CCN(C(=O)C3CCCO3)CC2)Oc2ccc(Cl)cc21. The fourth-order valence-corrected chi connectivity index (χ4v) is 4.03. The standard InChI is InChI=1S/C18H20ClNO4/c19-12-3-4-15-13(10-12)14(21)11-18(24-15)5-7-20(8-6-18)17(22)16-2-1-9-23-16/h3-4,10,16H,1-2,5-9,11H2. The largest absolute Gasteiger partial charge is 0.486 e. The summed E-state index contributed by atoms with van der Waals surface area (Å²) in [6.07, 6.45) is 3.16. The number of benzene rings is 1. The van der Waals surface area contributed by atoms with E-state index < -0.39 is 5.60 Å². The fraction of sp³-hybridized carbons (Fsp3) is 0.556. The molecule has 0 bridgehead atoms. The van der Waals surface area contributed by atoms with E-state index in [1.807, 2.05) is 4.90 Å². The van der Waals surface area contributed by atoms with Crippen LogP contribution in [0, 0.1) is 0 Å². The van der Waals surface area contributed by atoms with Crippen LogP contribution in [0.4, 0.5) is 0 Å². The Bertz CT molecular complexity index is 676. The van der Waals surface area contributed by atoms with Gasteiger partial charge in [0.25, 0.3) is 5.91 Å². The molecule has 0 saturated carbocycles. The second kappa shape index (κ2) is 6.05. The molecule has 128 valence electrons. The van der Waals surface area contributed by atoms with Crippen molar-refractivity contribution in [2.75, 3.05) is 19.7 Å². The van der Waals surface area contributed by atoms with Crippen molar-refractivity contribution in [2.24, 2.45) is 0 Å². The Morgan fingerprint density at radius 2 is 2.08 bits per heavy atom. The molecule has 2 saturated heterocycles. The number of carbonyl (C=O) groups is 2. The van der Waals surface area contributed by atoms with Gasteiger partial charge in [0.1, 0.15) is 17.5 Å². The van der Waals surface area contributed by atoms with Crippen molar-refractivity contribution in [2.45, 2.75) is 43.8 Å². The Kier molecular flexibility index (Phi) is 4.01. The number of halogens is 1. The number of fused-ring (bicyclic) bond motifs is 1. The number of hydrogen-bond acceptors (Lipinski definition) is 4. The summed E-state index contributed by atoms with van der Waals surface area (Å²) in [6.45, 7) is 1.88. The third-order valence-electron chi connectivity index (χ3n) is 5.24. The van der Waals surface area contributed by atoms with E-state index in [-0.39, 0.29) is 17.8 Å². The fourth-order valence-electron chi connectivity index (χ4n) is 3.86. The smallest absolute Gasteiger partial charge is 0.251 e. The summed E-state index contributed by atoms with van der Waals surface area (Å²) in [5.74, 6) is 0.754. The summed E-state index contributed by atoms with van der Waals surface area (Å²) >= 11 is 5.97. The van der Waals surface area contributed by atoms with Crippen molar-refractivity contribution >= 4 is 23.3 Å². The number of ketones is 1. The number of Topliss-reactive ketones (excluding diaryl/α,β-unsaturated/α-hetero) is 1. The lowest BCUT2D eigenvalue weighted by molar-refractivity contribution is -0.144. The van der Waals surface area contributed by atoms with Crippen LogP contribution in [0.2, 0.25) is 5.02 Å². The highest BCUT2D eigenvalue weighted by molar-refractivity contribution is 6.31. The van der Waals surface area contributed by atoms with Crippen LogP contribution in [0.25, 0.3) is 0 Å². The Balaban J connectivity index is 1.46. The molecule has 3 aliphatic heterocycles. The van der Waals surface area contributed by atoms with Gasteiger partial charge in [-0.1, -0.05) is 11.6 Å². The lowest BCUT2D eigenvalue weighted by Gasteiger charge is -2.44. The van der Waals surface area contributed by atoms with E-state index in [2.05, 4.69) is 0 Å². The summed E-state index contributed by atoms with van der Waals surface area (Å²) in [5, 5.41) is 0.540. The van der Waals surface area contributed by atoms with Crippen molar-refractivity contribution in [1.29, 1.82) is 0 Å². The summed E-state index contributed by atoms with van der Waals surface area (Å²) < 4.78 is 11.7. The average Bonchev–Trinajstić information content (AvgIpc) is 3.10. The zero-order valence-electron chi connectivity index (χ0n) is 13.4. The minimum atomic E-state index is -0.495. The van der Waals surface area contributed by atoms with Crippen molar-refractivity contribution in [3.8, 4) is 5.75 Å². The first-order valence-corrected chi connectivity index (χ1v) is 8.86. The maximum Gasteiger partial charge on any atom is 0.251 e. The topological polar surface area (TPSA) is 55.8 Å². The zero-order chi connectivity index (χ0) is 16.7. The quantitative estimate of drug-likeness (QED) is 0.782. The molecule has 1 atom stereocenters. The van der Waals surface area contributed by atoms with Gasteiger partial charge in [-0.3, -0.25) is 9.59 Å². The van der Waals surface area contributed by atoms with E-state index in [0.29, 0.717) is 55.3 Å². The van der Waals surface area contributed by atoms with Crippen LogP contribution in [0.15, 0.2) is 18.2 Å². The van der Waals surface area contributed by atoms with Crippen LogP contribution >= 0.6 is 11.6 Å². The van der Waals surface area contributed by atoms with Gasteiger partial charge in [-0.2, -0.15) is 0 Å². The molecule has 0 N–H and O–H groups in total. The van der Waals surface area contributed by atoms with Gasteiger partial charge in [0.2, 0.25) is 0 Å². The molecule has 1 unspecified atom stereocenters. The maximum absolute atomic E-state index is 12.5. The summed E-state index contributed by atoms with van der Waals surface area (Å²) in [7, 11) is 0. The molecule has 24 heavy (non-hydrogen) atoms. The number of ether oxygens (including phenoxy) is 2. The molecule has 1 spiro atoms. The summed E-state index contributed by atoms with van der Waals surface area (Å²) in [5.41, 5.74) is 0.0663. The molecule has 0 aliphatic carbocycles. The number of amides is 1. The molecule has 3 aliphatic rings.